The van der Waals surface area contributed by atoms with Crippen molar-refractivity contribution in [3.8, 4) is 5.75 Å². The van der Waals surface area contributed by atoms with E-state index in [1.807, 2.05) is 0 Å². The molecule has 4 bridgehead atoms. The summed E-state index contributed by atoms with van der Waals surface area (Å²) in [4.78, 5) is 24.0. The molecule has 2 amide bonds. The Kier molecular flexibility index (Phi) is 5.28. The Morgan fingerprint density at radius 2 is 1.56 bits per heavy atom. The van der Waals surface area contributed by atoms with Crippen LogP contribution in [0.15, 0.2) is 24.3 Å². The van der Waals surface area contributed by atoms with E-state index in [-0.39, 0.29) is 18.1 Å². The van der Waals surface area contributed by atoms with Gasteiger partial charge in [-0.05, 0) is 61.3 Å². The number of nitrogens with one attached hydrogen (secondary N) is 2. The molecule has 4 aliphatic rings. The molecule has 5 rings (SSSR count). The standard InChI is InChI=1S/C20H26ClN3O3/c21-16-1-3-17(4-2-16)27-12-19(26)24-23-18(25)11-22-20-8-13-5-14(9-20)7-15(6-13)10-20/h1-4,13-15,22H,5-12H2,(H,23,25)(H,24,26)/p+1. The van der Waals surface area contributed by atoms with Crippen LogP contribution < -0.4 is 20.9 Å². The molecular formula is C20H27ClN3O3+. The zero-order chi connectivity index (χ0) is 18.9. The van der Waals surface area contributed by atoms with E-state index in [4.69, 9.17) is 16.3 Å². The summed E-state index contributed by atoms with van der Waals surface area (Å²) in [6.45, 7) is 0.186. The molecule has 4 aliphatic carbocycles. The summed E-state index contributed by atoms with van der Waals surface area (Å²) in [5.41, 5.74) is 5.16. The summed E-state index contributed by atoms with van der Waals surface area (Å²) in [7, 11) is 0. The van der Waals surface area contributed by atoms with E-state index in [2.05, 4.69) is 16.2 Å². The van der Waals surface area contributed by atoms with Gasteiger partial charge in [-0.15, -0.1) is 0 Å². The minimum absolute atomic E-state index is 0.166. The van der Waals surface area contributed by atoms with Crippen LogP contribution >= 0.6 is 11.6 Å². The van der Waals surface area contributed by atoms with Gasteiger partial charge in [-0.3, -0.25) is 20.4 Å². The molecule has 146 valence electrons. The van der Waals surface area contributed by atoms with Crippen molar-refractivity contribution in [2.24, 2.45) is 17.8 Å². The highest BCUT2D eigenvalue weighted by molar-refractivity contribution is 6.30. The maximum absolute atomic E-state index is 12.1. The highest BCUT2D eigenvalue weighted by Gasteiger charge is 2.53. The number of ether oxygens (including phenoxy) is 1. The second kappa shape index (κ2) is 7.68. The molecule has 6 nitrogen and oxygen atoms in total. The maximum atomic E-state index is 12.1. The average molecular weight is 393 g/mol. The van der Waals surface area contributed by atoms with Crippen LogP contribution in [0.4, 0.5) is 0 Å². The average Bonchev–Trinajstić information content (AvgIpc) is 2.63. The molecule has 0 aliphatic heterocycles. The van der Waals surface area contributed by atoms with Gasteiger partial charge in [-0.25, -0.2) is 0 Å². The maximum Gasteiger partial charge on any atom is 0.293 e. The van der Waals surface area contributed by atoms with Crippen LogP contribution in [0.5, 0.6) is 5.75 Å². The Morgan fingerprint density at radius 1 is 1.00 bits per heavy atom. The van der Waals surface area contributed by atoms with Crippen molar-refractivity contribution >= 4 is 23.4 Å². The molecule has 0 saturated heterocycles. The smallest absolute Gasteiger partial charge is 0.293 e. The molecule has 0 atom stereocenters. The highest BCUT2D eigenvalue weighted by atomic mass is 35.5. The Hall–Kier alpha value is -1.79. The lowest BCUT2D eigenvalue weighted by Gasteiger charge is -2.54. The topological polar surface area (TPSA) is 84.0 Å². The number of benzene rings is 1. The van der Waals surface area contributed by atoms with E-state index in [9.17, 15) is 9.59 Å². The number of carbonyl (C=O) groups is 2. The van der Waals surface area contributed by atoms with Gasteiger partial charge in [0.15, 0.2) is 13.2 Å². The zero-order valence-corrected chi connectivity index (χ0v) is 16.1. The van der Waals surface area contributed by atoms with Crippen LogP contribution in [0, 0.1) is 17.8 Å². The van der Waals surface area contributed by atoms with Gasteiger partial charge >= 0.3 is 0 Å². The number of hydrogen-bond donors (Lipinski definition) is 3. The number of quaternary nitrogens is 1. The molecule has 4 fully saturated rings. The lowest BCUT2D eigenvalue weighted by Crippen LogP contribution is -3.00. The van der Waals surface area contributed by atoms with Gasteiger partial charge in [-0.1, -0.05) is 11.6 Å². The van der Waals surface area contributed by atoms with Gasteiger partial charge in [-0.2, -0.15) is 0 Å². The number of carbonyl (C=O) groups excluding carboxylic acids is 2. The van der Waals surface area contributed by atoms with E-state index >= 15 is 0 Å². The molecule has 27 heavy (non-hydrogen) atoms. The van der Waals surface area contributed by atoms with Crippen LogP contribution in [-0.4, -0.2) is 30.5 Å². The third-order valence-electron chi connectivity index (χ3n) is 6.33. The molecule has 0 unspecified atom stereocenters. The van der Waals surface area contributed by atoms with Crippen molar-refractivity contribution in [2.45, 2.75) is 44.1 Å². The molecule has 0 spiro atoms. The molecule has 1 aromatic carbocycles. The first-order valence-corrected chi connectivity index (χ1v) is 10.2. The number of rotatable bonds is 6. The monoisotopic (exact) mass is 392 g/mol. The number of nitrogens with two attached hydrogens (primary N) is 1. The van der Waals surface area contributed by atoms with Crippen molar-refractivity contribution < 1.29 is 19.6 Å². The molecule has 0 radical (unpaired) electrons. The Labute approximate surface area is 164 Å². The van der Waals surface area contributed by atoms with Gasteiger partial charge in [0.2, 0.25) is 0 Å². The molecule has 4 saturated carbocycles. The summed E-state index contributed by atoms with van der Waals surface area (Å²) in [5, 5.41) is 2.83. The van der Waals surface area contributed by atoms with Crippen molar-refractivity contribution in [1.29, 1.82) is 0 Å². The van der Waals surface area contributed by atoms with Gasteiger partial charge in [0.05, 0.1) is 5.54 Å². The van der Waals surface area contributed by atoms with Crippen molar-refractivity contribution in [2.75, 3.05) is 13.2 Å². The predicted molar refractivity (Wildman–Crippen MR) is 101 cm³/mol. The van der Waals surface area contributed by atoms with Crippen LogP contribution in [-0.2, 0) is 9.59 Å². The molecular weight excluding hydrogens is 366 g/mol. The Balaban J connectivity index is 1.17. The number of hydrazine groups is 1. The summed E-state index contributed by atoms with van der Waals surface area (Å²) < 4.78 is 5.35. The highest BCUT2D eigenvalue weighted by Crippen LogP contribution is 2.54. The van der Waals surface area contributed by atoms with Gasteiger partial charge in [0, 0.05) is 24.3 Å². The SMILES string of the molecule is O=C(C[NH2+]C12CC3CC(CC(C3)C1)C2)NNC(=O)COc1ccc(Cl)cc1. The number of halogens is 1. The fourth-order valence-corrected chi connectivity index (χ4v) is 5.77. The quantitative estimate of drug-likeness (QED) is 0.640. The molecule has 4 N–H and O–H groups in total. The van der Waals surface area contributed by atoms with E-state index in [1.54, 1.807) is 24.3 Å². The van der Waals surface area contributed by atoms with Crippen molar-refractivity contribution in [3.63, 3.8) is 0 Å². The summed E-state index contributed by atoms with van der Waals surface area (Å²) in [6.07, 6.45) is 7.91. The third-order valence-corrected chi connectivity index (χ3v) is 6.58. The van der Waals surface area contributed by atoms with Crippen molar-refractivity contribution in [1.82, 2.24) is 10.9 Å². The first kappa shape index (κ1) is 18.6. The molecule has 0 heterocycles. The second-order valence-corrected chi connectivity index (χ2v) is 8.96. The number of hydrogen-bond acceptors (Lipinski definition) is 3. The largest absolute Gasteiger partial charge is 0.484 e. The fourth-order valence-electron chi connectivity index (χ4n) is 5.64. The number of amides is 2. The van der Waals surface area contributed by atoms with Crippen LogP contribution in [0.2, 0.25) is 5.02 Å². The summed E-state index contributed by atoms with van der Waals surface area (Å²) >= 11 is 5.80. The van der Waals surface area contributed by atoms with Crippen LogP contribution in [0.3, 0.4) is 0 Å². The minimum atomic E-state index is -0.395. The van der Waals surface area contributed by atoms with E-state index in [0.29, 0.717) is 17.3 Å². The zero-order valence-electron chi connectivity index (χ0n) is 15.4. The lowest BCUT2D eigenvalue weighted by atomic mass is 9.53. The predicted octanol–water partition coefficient (Wildman–Crippen LogP) is 1.40. The van der Waals surface area contributed by atoms with Gasteiger partial charge < -0.3 is 10.1 Å². The van der Waals surface area contributed by atoms with E-state index in [1.165, 1.54) is 38.5 Å². The second-order valence-electron chi connectivity index (χ2n) is 8.53. The molecule has 7 heteroatoms. The van der Waals surface area contributed by atoms with Crippen LogP contribution in [0.25, 0.3) is 0 Å². The summed E-state index contributed by atoms with van der Waals surface area (Å²) in [5.74, 6) is 2.57. The minimum Gasteiger partial charge on any atom is -0.484 e. The van der Waals surface area contributed by atoms with E-state index in [0.717, 1.165) is 17.8 Å². The first-order valence-electron chi connectivity index (χ1n) is 9.80. The van der Waals surface area contributed by atoms with E-state index < -0.39 is 5.91 Å². The third kappa shape index (κ3) is 4.55. The van der Waals surface area contributed by atoms with Crippen LogP contribution in [0.1, 0.15) is 38.5 Å². The Morgan fingerprint density at radius 3 is 2.15 bits per heavy atom. The van der Waals surface area contributed by atoms with Gasteiger partial charge in [0.1, 0.15) is 5.75 Å². The fraction of sp³-hybridized carbons (Fsp3) is 0.600. The molecule has 0 aromatic heterocycles. The normalized spacial score (nSPS) is 30.8. The first-order chi connectivity index (χ1) is 13.0. The Bertz CT molecular complexity index is 672. The lowest BCUT2D eigenvalue weighted by molar-refractivity contribution is -0.730. The summed E-state index contributed by atoms with van der Waals surface area (Å²) in [6, 6.07) is 6.76. The van der Waals surface area contributed by atoms with Gasteiger partial charge in [0.25, 0.3) is 11.8 Å². The molecule has 1 aromatic rings. The van der Waals surface area contributed by atoms with Crippen molar-refractivity contribution in [3.05, 3.63) is 29.3 Å².